The Balaban J connectivity index is 2.88. The summed E-state index contributed by atoms with van der Waals surface area (Å²) < 4.78 is 5.06. The third-order valence-electron chi connectivity index (χ3n) is 3.04. The molecule has 0 fully saturated rings. The minimum absolute atomic E-state index is 0.156. The topological polar surface area (TPSA) is 67.4 Å². The zero-order chi connectivity index (χ0) is 14.6. The lowest BCUT2D eigenvalue weighted by Crippen LogP contribution is -2.50. The first-order valence-electron chi connectivity index (χ1n) is 6.70. The SMILES string of the molecule is CCOC(=O)C1=C(C)NC(=O)NC1CCC(C)(C)C. The number of esters is 1. The standard InChI is InChI=1S/C14H24N2O3/c1-6-19-12(17)11-9(2)15-13(18)16-10(11)7-8-14(3,4)5/h10H,6-8H2,1-5H3,(H2,15,16,18). The van der Waals surface area contributed by atoms with Crippen LogP contribution in [0.4, 0.5) is 4.79 Å². The maximum atomic E-state index is 12.0. The smallest absolute Gasteiger partial charge is 0.337 e. The van der Waals surface area contributed by atoms with E-state index >= 15 is 0 Å². The second-order valence-corrected chi connectivity index (χ2v) is 6.01. The molecule has 19 heavy (non-hydrogen) atoms. The molecule has 0 saturated carbocycles. The van der Waals surface area contributed by atoms with Crippen LogP contribution in [0, 0.1) is 5.41 Å². The summed E-state index contributed by atoms with van der Waals surface area (Å²) in [4.78, 5) is 23.5. The molecule has 0 aromatic carbocycles. The Hall–Kier alpha value is -1.52. The van der Waals surface area contributed by atoms with Gasteiger partial charge in [-0.1, -0.05) is 20.8 Å². The number of nitrogens with one attached hydrogen (secondary N) is 2. The van der Waals surface area contributed by atoms with E-state index in [9.17, 15) is 9.59 Å². The van der Waals surface area contributed by atoms with E-state index in [4.69, 9.17) is 4.74 Å². The molecule has 5 nitrogen and oxygen atoms in total. The molecule has 0 aliphatic carbocycles. The van der Waals surface area contributed by atoms with Crippen molar-refractivity contribution < 1.29 is 14.3 Å². The minimum Gasteiger partial charge on any atom is -0.463 e. The number of amides is 2. The Morgan fingerprint density at radius 2 is 2.00 bits per heavy atom. The van der Waals surface area contributed by atoms with Gasteiger partial charge in [0.25, 0.3) is 0 Å². The van der Waals surface area contributed by atoms with Crippen molar-refractivity contribution in [2.75, 3.05) is 6.61 Å². The first-order chi connectivity index (χ1) is 8.74. The molecule has 0 saturated heterocycles. The van der Waals surface area contributed by atoms with Crippen LogP contribution in [-0.4, -0.2) is 24.6 Å². The van der Waals surface area contributed by atoms with Crippen molar-refractivity contribution in [3.05, 3.63) is 11.3 Å². The normalized spacial score (nSPS) is 19.8. The molecule has 0 aromatic rings. The van der Waals surface area contributed by atoms with Crippen molar-refractivity contribution in [2.24, 2.45) is 5.41 Å². The Labute approximate surface area is 114 Å². The predicted octanol–water partition coefficient (Wildman–Crippen LogP) is 2.33. The van der Waals surface area contributed by atoms with E-state index in [2.05, 4.69) is 31.4 Å². The summed E-state index contributed by atoms with van der Waals surface area (Å²) in [5.74, 6) is -0.355. The highest BCUT2D eigenvalue weighted by Gasteiger charge is 2.31. The largest absolute Gasteiger partial charge is 0.463 e. The maximum absolute atomic E-state index is 12.0. The summed E-state index contributed by atoms with van der Waals surface area (Å²) in [7, 11) is 0. The number of hydrogen-bond acceptors (Lipinski definition) is 3. The van der Waals surface area contributed by atoms with E-state index in [1.807, 2.05) is 0 Å². The summed E-state index contributed by atoms with van der Waals surface area (Å²) in [5, 5.41) is 5.42. The number of urea groups is 1. The molecular formula is C14H24N2O3. The number of hydrogen-bond donors (Lipinski definition) is 2. The summed E-state index contributed by atoms with van der Waals surface area (Å²) >= 11 is 0. The maximum Gasteiger partial charge on any atom is 0.337 e. The van der Waals surface area contributed by atoms with Gasteiger partial charge in [0.05, 0.1) is 18.2 Å². The van der Waals surface area contributed by atoms with Crippen LogP contribution in [0.5, 0.6) is 0 Å². The molecule has 1 heterocycles. The van der Waals surface area contributed by atoms with E-state index in [-0.39, 0.29) is 23.5 Å². The van der Waals surface area contributed by atoms with Crippen LogP contribution in [0.25, 0.3) is 0 Å². The average Bonchev–Trinajstić information content (AvgIpc) is 2.24. The van der Waals surface area contributed by atoms with Gasteiger partial charge >= 0.3 is 12.0 Å². The first-order valence-corrected chi connectivity index (χ1v) is 6.70. The lowest BCUT2D eigenvalue weighted by molar-refractivity contribution is -0.139. The van der Waals surface area contributed by atoms with Crippen molar-refractivity contribution in [1.82, 2.24) is 10.6 Å². The quantitative estimate of drug-likeness (QED) is 0.769. The molecule has 5 heteroatoms. The molecule has 108 valence electrons. The highest BCUT2D eigenvalue weighted by molar-refractivity contribution is 5.94. The summed E-state index contributed by atoms with van der Waals surface area (Å²) in [6, 6.07) is -0.531. The Kier molecular flexibility index (Phi) is 4.97. The third kappa shape index (κ3) is 4.58. The number of carbonyl (C=O) groups is 2. The van der Waals surface area contributed by atoms with Crippen LogP contribution < -0.4 is 10.6 Å². The predicted molar refractivity (Wildman–Crippen MR) is 73.5 cm³/mol. The van der Waals surface area contributed by atoms with Crippen LogP contribution >= 0.6 is 0 Å². The van der Waals surface area contributed by atoms with Crippen LogP contribution in [0.3, 0.4) is 0 Å². The van der Waals surface area contributed by atoms with Crippen LogP contribution in [0.1, 0.15) is 47.5 Å². The lowest BCUT2D eigenvalue weighted by Gasteiger charge is -2.29. The van der Waals surface area contributed by atoms with Gasteiger partial charge in [-0.05, 0) is 32.1 Å². The monoisotopic (exact) mass is 268 g/mol. The number of allylic oxidation sites excluding steroid dienone is 1. The van der Waals surface area contributed by atoms with E-state index in [0.29, 0.717) is 17.9 Å². The summed E-state index contributed by atoms with van der Waals surface area (Å²) in [5.41, 5.74) is 1.27. The van der Waals surface area contributed by atoms with Gasteiger partial charge in [-0.15, -0.1) is 0 Å². The average molecular weight is 268 g/mol. The van der Waals surface area contributed by atoms with Crippen molar-refractivity contribution in [2.45, 2.75) is 53.5 Å². The third-order valence-corrected chi connectivity index (χ3v) is 3.04. The minimum atomic E-state index is -0.355. The lowest BCUT2D eigenvalue weighted by atomic mass is 9.86. The fourth-order valence-corrected chi connectivity index (χ4v) is 2.06. The molecule has 1 unspecified atom stereocenters. The van der Waals surface area contributed by atoms with Gasteiger partial charge in [0, 0.05) is 5.70 Å². The van der Waals surface area contributed by atoms with E-state index in [1.54, 1.807) is 13.8 Å². The molecule has 1 aliphatic heterocycles. The van der Waals surface area contributed by atoms with Gasteiger partial charge in [-0.2, -0.15) is 0 Å². The fourth-order valence-electron chi connectivity index (χ4n) is 2.06. The molecule has 1 rings (SSSR count). The van der Waals surface area contributed by atoms with Crippen LogP contribution in [-0.2, 0) is 9.53 Å². The molecule has 2 N–H and O–H groups in total. The highest BCUT2D eigenvalue weighted by atomic mass is 16.5. The van der Waals surface area contributed by atoms with E-state index in [1.165, 1.54) is 0 Å². The van der Waals surface area contributed by atoms with Gasteiger partial charge in [0.15, 0.2) is 0 Å². The fraction of sp³-hybridized carbons (Fsp3) is 0.714. The molecule has 1 atom stereocenters. The Morgan fingerprint density at radius 1 is 1.37 bits per heavy atom. The zero-order valence-electron chi connectivity index (χ0n) is 12.4. The number of carbonyl (C=O) groups excluding carboxylic acids is 2. The van der Waals surface area contributed by atoms with Crippen molar-refractivity contribution in [1.29, 1.82) is 0 Å². The molecule has 0 radical (unpaired) electrons. The summed E-state index contributed by atoms with van der Waals surface area (Å²) in [6.45, 7) is 10.2. The number of rotatable bonds is 4. The molecular weight excluding hydrogens is 244 g/mol. The second kappa shape index (κ2) is 6.08. The zero-order valence-corrected chi connectivity index (χ0v) is 12.4. The van der Waals surface area contributed by atoms with Gasteiger partial charge in [0.2, 0.25) is 0 Å². The van der Waals surface area contributed by atoms with Crippen molar-refractivity contribution >= 4 is 12.0 Å². The molecule has 0 bridgehead atoms. The van der Waals surface area contributed by atoms with Gasteiger partial charge in [0.1, 0.15) is 0 Å². The molecule has 1 aliphatic rings. The van der Waals surface area contributed by atoms with E-state index < -0.39 is 0 Å². The Bertz CT molecular complexity index is 394. The highest BCUT2D eigenvalue weighted by Crippen LogP contribution is 2.25. The number of ether oxygens (including phenoxy) is 1. The molecule has 0 spiro atoms. The van der Waals surface area contributed by atoms with Crippen molar-refractivity contribution in [3.8, 4) is 0 Å². The van der Waals surface area contributed by atoms with Gasteiger partial charge in [-0.25, -0.2) is 9.59 Å². The van der Waals surface area contributed by atoms with Gasteiger partial charge in [-0.3, -0.25) is 0 Å². The van der Waals surface area contributed by atoms with Crippen molar-refractivity contribution in [3.63, 3.8) is 0 Å². The molecule has 2 amide bonds. The second-order valence-electron chi connectivity index (χ2n) is 6.01. The van der Waals surface area contributed by atoms with E-state index in [0.717, 1.165) is 12.8 Å². The molecule has 0 aromatic heterocycles. The summed E-state index contributed by atoms with van der Waals surface area (Å²) in [6.07, 6.45) is 1.64. The van der Waals surface area contributed by atoms with Crippen LogP contribution in [0.15, 0.2) is 11.3 Å². The Morgan fingerprint density at radius 3 is 2.53 bits per heavy atom. The first kappa shape index (κ1) is 15.5. The van der Waals surface area contributed by atoms with Crippen LogP contribution in [0.2, 0.25) is 0 Å². The van der Waals surface area contributed by atoms with Gasteiger partial charge < -0.3 is 15.4 Å².